The predicted molar refractivity (Wildman–Crippen MR) is 62.2 cm³/mol. The average Bonchev–Trinajstić information content (AvgIpc) is 2.44. The molecule has 1 aliphatic rings. The maximum Gasteiger partial charge on any atom is 0.168 e. The Morgan fingerprint density at radius 2 is 1.87 bits per heavy atom. The molecule has 0 N–H and O–H groups in total. The molecule has 0 saturated heterocycles. The van der Waals surface area contributed by atoms with E-state index in [-0.39, 0.29) is 5.54 Å². The first-order chi connectivity index (χ1) is 7.02. The van der Waals surface area contributed by atoms with Crippen LogP contribution in [0.4, 0.5) is 0 Å². The van der Waals surface area contributed by atoms with E-state index in [1.807, 2.05) is 39.0 Å². The largest absolute Gasteiger partial charge is 0.623 e. The van der Waals surface area contributed by atoms with Gasteiger partial charge in [0.1, 0.15) is 0 Å². The van der Waals surface area contributed by atoms with E-state index >= 15 is 0 Å². The summed E-state index contributed by atoms with van der Waals surface area (Å²) in [5.41, 5.74) is 1.93. The van der Waals surface area contributed by atoms with Gasteiger partial charge in [0, 0.05) is 27.2 Å². The zero-order valence-corrected chi connectivity index (χ0v) is 9.53. The van der Waals surface area contributed by atoms with Crippen molar-refractivity contribution < 1.29 is 4.74 Å². The van der Waals surface area contributed by atoms with E-state index in [4.69, 9.17) is 0 Å². The minimum Gasteiger partial charge on any atom is -0.623 e. The summed E-state index contributed by atoms with van der Waals surface area (Å²) in [6, 6.07) is 10.3. The Kier molecular flexibility index (Phi) is 2.29. The van der Waals surface area contributed by atoms with Crippen molar-refractivity contribution >= 4 is 5.71 Å². The molecular weight excluding hydrogens is 186 g/mol. The third-order valence-electron chi connectivity index (χ3n) is 3.28. The van der Waals surface area contributed by atoms with E-state index in [2.05, 4.69) is 12.1 Å². The molecule has 0 aromatic heterocycles. The van der Waals surface area contributed by atoms with Crippen LogP contribution in [0.3, 0.4) is 0 Å². The Balaban J connectivity index is 2.37. The zero-order chi connectivity index (χ0) is 11.1. The van der Waals surface area contributed by atoms with Crippen LogP contribution in [-0.2, 0) is 0 Å². The van der Waals surface area contributed by atoms with Crippen molar-refractivity contribution in [1.29, 1.82) is 0 Å². The smallest absolute Gasteiger partial charge is 0.168 e. The van der Waals surface area contributed by atoms with E-state index in [9.17, 15) is 5.21 Å². The van der Waals surface area contributed by atoms with Crippen LogP contribution >= 0.6 is 0 Å². The second-order valence-electron chi connectivity index (χ2n) is 4.92. The molecule has 2 nitrogen and oxygen atoms in total. The molecule has 80 valence electrons. The van der Waals surface area contributed by atoms with Crippen LogP contribution in [0.5, 0.6) is 0 Å². The summed E-state index contributed by atoms with van der Waals surface area (Å²) < 4.78 is 1.17. The Bertz CT molecular complexity index is 392. The van der Waals surface area contributed by atoms with E-state index < -0.39 is 0 Å². The summed E-state index contributed by atoms with van der Waals surface area (Å²) in [5.74, 6) is 0.290. The van der Waals surface area contributed by atoms with Crippen LogP contribution < -0.4 is 0 Å². The molecule has 0 radical (unpaired) electrons. The third kappa shape index (κ3) is 1.65. The van der Waals surface area contributed by atoms with Gasteiger partial charge in [0.2, 0.25) is 0 Å². The summed E-state index contributed by atoms with van der Waals surface area (Å²) in [5, 5.41) is 11.9. The third-order valence-corrected chi connectivity index (χ3v) is 3.28. The van der Waals surface area contributed by atoms with Gasteiger partial charge in [-0.1, -0.05) is 30.3 Å². The molecule has 0 spiro atoms. The van der Waals surface area contributed by atoms with Gasteiger partial charge in [-0.05, 0) is 5.56 Å². The number of rotatable bonds is 1. The van der Waals surface area contributed by atoms with Crippen LogP contribution in [0.1, 0.15) is 38.7 Å². The molecule has 0 amide bonds. The van der Waals surface area contributed by atoms with Crippen LogP contribution in [-0.4, -0.2) is 16.0 Å². The van der Waals surface area contributed by atoms with Crippen LogP contribution in [0.2, 0.25) is 0 Å². The molecule has 2 rings (SSSR count). The van der Waals surface area contributed by atoms with E-state index in [1.165, 1.54) is 10.3 Å². The zero-order valence-electron chi connectivity index (χ0n) is 9.53. The first-order valence-electron chi connectivity index (χ1n) is 5.38. The molecule has 1 aromatic carbocycles. The second kappa shape index (κ2) is 3.37. The highest BCUT2D eigenvalue weighted by Crippen LogP contribution is 2.35. The highest BCUT2D eigenvalue weighted by Gasteiger charge is 2.42. The maximum absolute atomic E-state index is 11.9. The molecule has 15 heavy (non-hydrogen) atoms. The van der Waals surface area contributed by atoms with Gasteiger partial charge >= 0.3 is 0 Å². The van der Waals surface area contributed by atoms with Gasteiger partial charge in [-0.15, -0.1) is 0 Å². The Morgan fingerprint density at radius 3 is 2.33 bits per heavy atom. The fraction of sp³-hybridized carbons (Fsp3) is 0.462. The first-order valence-corrected chi connectivity index (χ1v) is 5.38. The fourth-order valence-corrected chi connectivity index (χ4v) is 2.39. The number of nitrogens with zero attached hydrogens (tertiary/aromatic N) is 1. The maximum atomic E-state index is 11.9. The molecule has 1 atom stereocenters. The van der Waals surface area contributed by atoms with Gasteiger partial charge in [-0.3, -0.25) is 0 Å². The van der Waals surface area contributed by atoms with Crippen molar-refractivity contribution in [2.45, 2.75) is 38.6 Å². The predicted octanol–water partition coefficient (Wildman–Crippen LogP) is 2.92. The van der Waals surface area contributed by atoms with Gasteiger partial charge in [0.15, 0.2) is 11.3 Å². The van der Waals surface area contributed by atoms with Gasteiger partial charge in [-0.25, -0.2) is 4.74 Å². The van der Waals surface area contributed by atoms with Crippen LogP contribution in [0, 0.1) is 5.21 Å². The molecule has 1 unspecified atom stereocenters. The summed E-state index contributed by atoms with van der Waals surface area (Å²) in [6.07, 6.45) is 0.909. The molecular formula is C13H17NO. The van der Waals surface area contributed by atoms with E-state index in [0.717, 1.165) is 12.1 Å². The van der Waals surface area contributed by atoms with Crippen molar-refractivity contribution in [3.8, 4) is 0 Å². The minimum atomic E-state index is -0.259. The fourth-order valence-electron chi connectivity index (χ4n) is 2.39. The lowest BCUT2D eigenvalue weighted by atomic mass is 9.88. The number of hydroxylamine groups is 1. The molecule has 2 heteroatoms. The summed E-state index contributed by atoms with van der Waals surface area (Å²) >= 11 is 0. The topological polar surface area (TPSA) is 26.1 Å². The Morgan fingerprint density at radius 1 is 1.27 bits per heavy atom. The van der Waals surface area contributed by atoms with Crippen molar-refractivity contribution in [2.75, 3.05) is 0 Å². The highest BCUT2D eigenvalue weighted by atomic mass is 16.5. The summed E-state index contributed by atoms with van der Waals surface area (Å²) in [6.45, 7) is 5.96. The second-order valence-corrected chi connectivity index (χ2v) is 4.92. The first kappa shape index (κ1) is 10.2. The van der Waals surface area contributed by atoms with E-state index in [0.29, 0.717) is 5.92 Å². The summed E-state index contributed by atoms with van der Waals surface area (Å²) in [7, 11) is 0. The van der Waals surface area contributed by atoms with Crippen molar-refractivity contribution in [3.05, 3.63) is 41.1 Å². The molecule has 0 saturated carbocycles. The van der Waals surface area contributed by atoms with Gasteiger partial charge < -0.3 is 5.21 Å². The van der Waals surface area contributed by atoms with Crippen LogP contribution in [0.25, 0.3) is 0 Å². The number of benzene rings is 1. The lowest BCUT2D eigenvalue weighted by molar-refractivity contribution is -0.531. The van der Waals surface area contributed by atoms with Gasteiger partial charge in [0.05, 0.1) is 5.92 Å². The highest BCUT2D eigenvalue weighted by molar-refractivity contribution is 5.86. The quantitative estimate of drug-likeness (QED) is 0.509. The van der Waals surface area contributed by atoms with Crippen molar-refractivity contribution in [2.24, 2.45) is 0 Å². The number of hydrogen-bond donors (Lipinski definition) is 0. The lowest BCUT2D eigenvalue weighted by Crippen LogP contribution is -2.28. The van der Waals surface area contributed by atoms with Crippen LogP contribution in [0.15, 0.2) is 30.3 Å². The van der Waals surface area contributed by atoms with Gasteiger partial charge in [-0.2, -0.15) is 0 Å². The van der Waals surface area contributed by atoms with Gasteiger partial charge in [0.25, 0.3) is 0 Å². The van der Waals surface area contributed by atoms with Crippen molar-refractivity contribution in [1.82, 2.24) is 0 Å². The normalized spacial score (nSPS) is 24.6. The molecule has 0 bridgehead atoms. The number of hydrogen-bond acceptors (Lipinski definition) is 1. The summed E-state index contributed by atoms with van der Waals surface area (Å²) in [4.78, 5) is 0. The van der Waals surface area contributed by atoms with Crippen molar-refractivity contribution in [3.63, 3.8) is 0 Å². The monoisotopic (exact) mass is 203 g/mol. The Hall–Kier alpha value is -1.31. The minimum absolute atomic E-state index is 0.259. The molecule has 1 aliphatic heterocycles. The molecule has 0 fully saturated rings. The molecule has 1 heterocycles. The molecule has 0 aliphatic carbocycles. The SMILES string of the molecule is CC1=[N+]([O-])C(C)(C)CC1c1ccccc1. The standard InChI is InChI=1S/C13H17NO/c1-10-12(9-13(2,3)14(10)15)11-7-5-4-6-8-11/h4-8,12H,9H2,1-3H3. The lowest BCUT2D eigenvalue weighted by Gasteiger charge is -2.17. The average molecular weight is 203 g/mol. The Labute approximate surface area is 90.8 Å². The van der Waals surface area contributed by atoms with E-state index in [1.54, 1.807) is 0 Å². The molecule has 1 aromatic rings.